The SMILES string of the molecule is O=C(C=Cc1ccccc1F)Oc1ccc(C(=O)c2ccccc2)cc1. The van der Waals surface area contributed by atoms with Gasteiger partial charge in [-0.1, -0.05) is 48.5 Å². The van der Waals surface area contributed by atoms with Gasteiger partial charge in [0.2, 0.25) is 0 Å². The fraction of sp³-hybridized carbons (Fsp3) is 0. The van der Waals surface area contributed by atoms with Crippen LogP contribution < -0.4 is 4.74 Å². The van der Waals surface area contributed by atoms with Gasteiger partial charge in [0.15, 0.2) is 5.78 Å². The number of carbonyl (C=O) groups excluding carboxylic acids is 2. The van der Waals surface area contributed by atoms with Crippen LogP contribution in [0.25, 0.3) is 6.08 Å². The average Bonchev–Trinajstić information content (AvgIpc) is 2.68. The first-order valence-electron chi connectivity index (χ1n) is 7.98. The summed E-state index contributed by atoms with van der Waals surface area (Å²) in [6, 6.07) is 21.3. The Morgan fingerprint density at radius 3 is 2.08 bits per heavy atom. The summed E-state index contributed by atoms with van der Waals surface area (Å²) in [7, 11) is 0. The van der Waals surface area contributed by atoms with Gasteiger partial charge >= 0.3 is 5.97 Å². The second-order valence-electron chi connectivity index (χ2n) is 5.50. The quantitative estimate of drug-likeness (QED) is 0.292. The maximum absolute atomic E-state index is 13.5. The van der Waals surface area contributed by atoms with Crippen molar-refractivity contribution in [3.8, 4) is 5.75 Å². The minimum atomic E-state index is -0.629. The van der Waals surface area contributed by atoms with Crippen LogP contribution in [0.5, 0.6) is 5.75 Å². The largest absolute Gasteiger partial charge is 0.423 e. The topological polar surface area (TPSA) is 43.4 Å². The van der Waals surface area contributed by atoms with E-state index in [1.807, 2.05) is 6.07 Å². The van der Waals surface area contributed by atoms with Crippen LogP contribution >= 0.6 is 0 Å². The standard InChI is InChI=1S/C22H15FO3/c23-20-9-5-4-6-16(20)12-15-21(24)26-19-13-10-18(11-14-19)22(25)17-7-2-1-3-8-17/h1-15H. The van der Waals surface area contributed by atoms with E-state index >= 15 is 0 Å². The molecule has 0 aliphatic carbocycles. The molecule has 0 amide bonds. The molecule has 0 saturated carbocycles. The summed E-state index contributed by atoms with van der Waals surface area (Å²) in [5.74, 6) is -0.851. The molecule has 0 bridgehead atoms. The minimum absolute atomic E-state index is 0.108. The highest BCUT2D eigenvalue weighted by Gasteiger charge is 2.09. The third kappa shape index (κ3) is 4.30. The van der Waals surface area contributed by atoms with Crippen LogP contribution in [-0.2, 0) is 4.79 Å². The second-order valence-corrected chi connectivity index (χ2v) is 5.50. The molecule has 0 spiro atoms. The van der Waals surface area contributed by atoms with Gasteiger partial charge in [-0.3, -0.25) is 4.79 Å². The van der Waals surface area contributed by atoms with Crippen molar-refractivity contribution in [2.45, 2.75) is 0 Å². The Labute approximate surface area is 150 Å². The van der Waals surface area contributed by atoms with Crippen LogP contribution in [0, 0.1) is 5.82 Å². The highest BCUT2D eigenvalue weighted by atomic mass is 19.1. The van der Waals surface area contributed by atoms with Crippen LogP contribution in [0.3, 0.4) is 0 Å². The third-order valence-corrected chi connectivity index (χ3v) is 3.68. The predicted octanol–water partition coefficient (Wildman–Crippen LogP) is 4.68. The van der Waals surface area contributed by atoms with Crippen molar-refractivity contribution >= 4 is 17.8 Å². The minimum Gasteiger partial charge on any atom is -0.423 e. The van der Waals surface area contributed by atoms with E-state index in [1.54, 1.807) is 66.7 Å². The number of rotatable bonds is 5. The van der Waals surface area contributed by atoms with Gasteiger partial charge in [0.1, 0.15) is 11.6 Å². The monoisotopic (exact) mass is 346 g/mol. The van der Waals surface area contributed by atoms with Gasteiger partial charge in [-0.25, -0.2) is 9.18 Å². The molecule has 3 rings (SSSR count). The number of esters is 1. The zero-order valence-electron chi connectivity index (χ0n) is 13.8. The Hall–Kier alpha value is -3.53. The molecule has 0 radical (unpaired) electrons. The number of benzene rings is 3. The molecule has 3 nitrogen and oxygen atoms in total. The molecule has 128 valence electrons. The van der Waals surface area contributed by atoms with E-state index in [4.69, 9.17) is 4.74 Å². The van der Waals surface area contributed by atoms with E-state index in [-0.39, 0.29) is 5.78 Å². The number of hydrogen-bond donors (Lipinski definition) is 0. The van der Waals surface area contributed by atoms with Crippen molar-refractivity contribution in [2.24, 2.45) is 0 Å². The Morgan fingerprint density at radius 2 is 1.38 bits per heavy atom. The molecule has 0 fully saturated rings. The van der Waals surface area contributed by atoms with E-state index in [0.29, 0.717) is 22.4 Å². The molecule has 0 aromatic heterocycles. The van der Waals surface area contributed by atoms with Crippen LogP contribution in [0.1, 0.15) is 21.5 Å². The van der Waals surface area contributed by atoms with Crippen LogP contribution in [0.15, 0.2) is 84.9 Å². The summed E-state index contributed by atoms with van der Waals surface area (Å²) >= 11 is 0. The van der Waals surface area contributed by atoms with Gasteiger partial charge in [-0.05, 0) is 36.4 Å². The molecular formula is C22H15FO3. The number of carbonyl (C=O) groups is 2. The Balaban J connectivity index is 1.65. The Kier molecular flexibility index (Phi) is 5.34. The summed E-state index contributed by atoms with van der Waals surface area (Å²) in [5.41, 5.74) is 1.39. The predicted molar refractivity (Wildman–Crippen MR) is 97.4 cm³/mol. The van der Waals surface area contributed by atoms with E-state index < -0.39 is 11.8 Å². The van der Waals surface area contributed by atoms with Gasteiger partial charge in [-0.2, -0.15) is 0 Å². The molecule has 0 N–H and O–H groups in total. The van der Waals surface area contributed by atoms with Crippen LogP contribution in [-0.4, -0.2) is 11.8 Å². The zero-order valence-corrected chi connectivity index (χ0v) is 13.8. The smallest absolute Gasteiger partial charge is 0.336 e. The van der Waals surface area contributed by atoms with E-state index in [0.717, 1.165) is 6.08 Å². The van der Waals surface area contributed by atoms with Crippen molar-refractivity contribution in [1.82, 2.24) is 0 Å². The number of hydrogen-bond acceptors (Lipinski definition) is 3. The fourth-order valence-corrected chi connectivity index (χ4v) is 2.35. The van der Waals surface area contributed by atoms with Gasteiger partial charge in [-0.15, -0.1) is 0 Å². The highest BCUT2D eigenvalue weighted by Crippen LogP contribution is 2.16. The zero-order chi connectivity index (χ0) is 18.4. The van der Waals surface area contributed by atoms with Gasteiger partial charge < -0.3 is 4.74 Å². The van der Waals surface area contributed by atoms with Crippen molar-refractivity contribution in [1.29, 1.82) is 0 Å². The first kappa shape index (κ1) is 17.3. The summed E-state index contributed by atoms with van der Waals surface area (Å²) in [6.07, 6.45) is 2.51. The Bertz CT molecular complexity index is 945. The third-order valence-electron chi connectivity index (χ3n) is 3.68. The molecule has 0 aliphatic rings. The normalized spacial score (nSPS) is 10.7. The molecule has 3 aromatic carbocycles. The molecule has 4 heteroatoms. The summed E-state index contributed by atoms with van der Waals surface area (Å²) in [5, 5.41) is 0. The second kappa shape index (κ2) is 8.03. The van der Waals surface area contributed by atoms with Gasteiger partial charge in [0, 0.05) is 22.8 Å². The maximum atomic E-state index is 13.5. The summed E-state index contributed by atoms with van der Waals surface area (Å²) in [6.45, 7) is 0. The number of halogens is 1. The van der Waals surface area contributed by atoms with E-state index in [2.05, 4.69) is 0 Å². The number of ether oxygens (including phenoxy) is 1. The van der Waals surface area contributed by atoms with Crippen LogP contribution in [0.4, 0.5) is 4.39 Å². The van der Waals surface area contributed by atoms with E-state index in [1.165, 1.54) is 12.1 Å². The number of ketones is 1. The van der Waals surface area contributed by atoms with Gasteiger partial charge in [0.25, 0.3) is 0 Å². The lowest BCUT2D eigenvalue weighted by molar-refractivity contribution is -0.128. The van der Waals surface area contributed by atoms with Crippen molar-refractivity contribution in [3.05, 3.63) is 107 Å². The highest BCUT2D eigenvalue weighted by molar-refractivity contribution is 6.09. The van der Waals surface area contributed by atoms with E-state index in [9.17, 15) is 14.0 Å². The van der Waals surface area contributed by atoms with Crippen molar-refractivity contribution < 1.29 is 18.7 Å². The maximum Gasteiger partial charge on any atom is 0.336 e. The van der Waals surface area contributed by atoms with Crippen LogP contribution in [0.2, 0.25) is 0 Å². The lowest BCUT2D eigenvalue weighted by Crippen LogP contribution is -2.05. The molecule has 26 heavy (non-hydrogen) atoms. The Morgan fingerprint density at radius 1 is 0.769 bits per heavy atom. The first-order valence-corrected chi connectivity index (χ1v) is 7.98. The lowest BCUT2D eigenvalue weighted by atomic mass is 10.0. The van der Waals surface area contributed by atoms with Crippen molar-refractivity contribution in [3.63, 3.8) is 0 Å². The fourth-order valence-electron chi connectivity index (χ4n) is 2.35. The van der Waals surface area contributed by atoms with Gasteiger partial charge in [0.05, 0.1) is 0 Å². The molecule has 0 unspecified atom stereocenters. The molecular weight excluding hydrogens is 331 g/mol. The first-order chi connectivity index (χ1) is 12.6. The molecule has 0 heterocycles. The summed E-state index contributed by atoms with van der Waals surface area (Å²) in [4.78, 5) is 24.2. The molecule has 0 saturated heterocycles. The molecule has 3 aromatic rings. The average molecular weight is 346 g/mol. The molecule has 0 atom stereocenters. The molecule has 0 aliphatic heterocycles. The lowest BCUT2D eigenvalue weighted by Gasteiger charge is -2.04. The summed E-state index contributed by atoms with van der Waals surface area (Å²) < 4.78 is 18.6. The van der Waals surface area contributed by atoms with Crippen molar-refractivity contribution in [2.75, 3.05) is 0 Å².